The third kappa shape index (κ3) is 4.80. The minimum absolute atomic E-state index is 0.0122. The van der Waals surface area contributed by atoms with Gasteiger partial charge in [-0.25, -0.2) is 4.39 Å². The average molecular weight is 330 g/mol. The maximum Gasteiger partial charge on any atom is 0.251 e. The van der Waals surface area contributed by atoms with Gasteiger partial charge in [0.15, 0.2) is 0 Å². The standard InChI is InChI=1S/C19H23FN2O2/c1-4-24-17-10-8-14(9-11-17)18(22(2)3)13-21-19(23)15-6-5-7-16(20)12-15/h5-12,18H,4,13H2,1-3H3,(H,21,23). The van der Waals surface area contributed by atoms with Crippen LogP contribution in [-0.2, 0) is 0 Å². The van der Waals surface area contributed by atoms with Crippen LogP contribution in [0.15, 0.2) is 48.5 Å². The molecule has 0 radical (unpaired) electrons. The molecule has 0 heterocycles. The third-order valence-electron chi connectivity index (χ3n) is 3.74. The molecule has 0 aliphatic carbocycles. The molecule has 5 heteroatoms. The van der Waals surface area contributed by atoms with Crippen molar-refractivity contribution in [3.05, 3.63) is 65.5 Å². The molecule has 2 aromatic rings. The molecule has 24 heavy (non-hydrogen) atoms. The Hall–Kier alpha value is -2.40. The summed E-state index contributed by atoms with van der Waals surface area (Å²) < 4.78 is 18.7. The Balaban J connectivity index is 2.04. The number of amides is 1. The summed E-state index contributed by atoms with van der Waals surface area (Å²) >= 11 is 0. The Bertz CT molecular complexity index is 671. The van der Waals surface area contributed by atoms with Gasteiger partial charge in [0.1, 0.15) is 11.6 Å². The maximum atomic E-state index is 13.2. The van der Waals surface area contributed by atoms with Gasteiger partial charge in [-0.15, -0.1) is 0 Å². The van der Waals surface area contributed by atoms with E-state index in [1.54, 1.807) is 6.07 Å². The van der Waals surface area contributed by atoms with Crippen LogP contribution in [0.25, 0.3) is 0 Å². The Morgan fingerprint density at radius 3 is 2.50 bits per heavy atom. The lowest BCUT2D eigenvalue weighted by Crippen LogP contribution is -2.34. The monoisotopic (exact) mass is 330 g/mol. The van der Waals surface area contributed by atoms with Crippen LogP contribution in [0.3, 0.4) is 0 Å². The molecule has 0 fully saturated rings. The van der Waals surface area contributed by atoms with Crippen molar-refractivity contribution in [1.29, 1.82) is 0 Å². The van der Waals surface area contributed by atoms with Crippen molar-refractivity contribution in [2.45, 2.75) is 13.0 Å². The fraction of sp³-hybridized carbons (Fsp3) is 0.316. The molecule has 2 rings (SSSR count). The summed E-state index contributed by atoms with van der Waals surface area (Å²) in [5.74, 6) is 0.119. The third-order valence-corrected chi connectivity index (χ3v) is 3.74. The summed E-state index contributed by atoms with van der Waals surface area (Å²) in [5.41, 5.74) is 1.39. The molecule has 1 atom stereocenters. The van der Waals surface area contributed by atoms with Crippen LogP contribution in [0.4, 0.5) is 4.39 Å². The van der Waals surface area contributed by atoms with Crippen LogP contribution in [0.5, 0.6) is 5.75 Å². The predicted octanol–water partition coefficient (Wildman–Crippen LogP) is 3.26. The van der Waals surface area contributed by atoms with E-state index in [-0.39, 0.29) is 11.9 Å². The quantitative estimate of drug-likeness (QED) is 0.847. The van der Waals surface area contributed by atoms with Crippen LogP contribution in [0.2, 0.25) is 0 Å². The zero-order valence-corrected chi connectivity index (χ0v) is 14.3. The van der Waals surface area contributed by atoms with Gasteiger partial charge in [-0.2, -0.15) is 0 Å². The first-order chi connectivity index (χ1) is 11.5. The summed E-state index contributed by atoms with van der Waals surface area (Å²) in [5, 5.41) is 2.87. The van der Waals surface area contributed by atoms with E-state index >= 15 is 0 Å². The second kappa shape index (κ2) is 8.45. The number of ether oxygens (including phenoxy) is 1. The van der Waals surface area contributed by atoms with Gasteiger partial charge >= 0.3 is 0 Å². The topological polar surface area (TPSA) is 41.6 Å². The number of halogens is 1. The molecule has 0 aliphatic rings. The first-order valence-electron chi connectivity index (χ1n) is 7.94. The summed E-state index contributed by atoms with van der Waals surface area (Å²) in [4.78, 5) is 14.2. The fourth-order valence-corrected chi connectivity index (χ4v) is 2.47. The molecule has 128 valence electrons. The zero-order chi connectivity index (χ0) is 17.5. The van der Waals surface area contributed by atoms with Crippen LogP contribution in [0, 0.1) is 5.82 Å². The van der Waals surface area contributed by atoms with Gasteiger partial charge in [0.2, 0.25) is 0 Å². The first kappa shape index (κ1) is 17.9. The lowest BCUT2D eigenvalue weighted by molar-refractivity contribution is 0.0941. The van der Waals surface area contributed by atoms with Crippen LogP contribution in [0.1, 0.15) is 28.9 Å². The molecule has 0 aromatic heterocycles. The largest absolute Gasteiger partial charge is 0.494 e. The van der Waals surface area contributed by atoms with Gasteiger partial charge < -0.3 is 15.0 Å². The lowest BCUT2D eigenvalue weighted by Gasteiger charge is -2.25. The molecule has 1 unspecified atom stereocenters. The van der Waals surface area contributed by atoms with Crippen molar-refractivity contribution in [2.75, 3.05) is 27.2 Å². The Morgan fingerprint density at radius 1 is 1.21 bits per heavy atom. The predicted molar refractivity (Wildman–Crippen MR) is 92.8 cm³/mol. The summed E-state index contributed by atoms with van der Waals surface area (Å²) in [6, 6.07) is 13.5. The minimum atomic E-state index is -0.418. The van der Waals surface area contributed by atoms with Gasteiger partial charge in [-0.3, -0.25) is 4.79 Å². The highest BCUT2D eigenvalue weighted by molar-refractivity contribution is 5.94. The number of benzene rings is 2. The zero-order valence-electron chi connectivity index (χ0n) is 14.3. The average Bonchev–Trinajstić information content (AvgIpc) is 2.56. The van der Waals surface area contributed by atoms with Crippen molar-refractivity contribution in [1.82, 2.24) is 10.2 Å². The van der Waals surface area contributed by atoms with Gasteiger partial charge in [0.05, 0.1) is 12.6 Å². The van der Waals surface area contributed by atoms with E-state index in [9.17, 15) is 9.18 Å². The molecule has 1 N–H and O–H groups in total. The highest BCUT2D eigenvalue weighted by Gasteiger charge is 2.16. The van der Waals surface area contributed by atoms with Crippen molar-refractivity contribution in [3.8, 4) is 5.75 Å². The number of carbonyl (C=O) groups excluding carboxylic acids is 1. The molecule has 1 amide bonds. The van der Waals surface area contributed by atoms with Gasteiger partial charge in [0.25, 0.3) is 5.91 Å². The second-order valence-corrected chi connectivity index (χ2v) is 5.70. The van der Waals surface area contributed by atoms with Crippen LogP contribution in [-0.4, -0.2) is 38.1 Å². The summed E-state index contributed by atoms with van der Waals surface area (Å²) in [6.07, 6.45) is 0. The smallest absolute Gasteiger partial charge is 0.251 e. The molecule has 4 nitrogen and oxygen atoms in total. The van der Waals surface area contributed by atoms with Crippen molar-refractivity contribution in [2.24, 2.45) is 0 Å². The van der Waals surface area contributed by atoms with Crippen molar-refractivity contribution in [3.63, 3.8) is 0 Å². The fourth-order valence-electron chi connectivity index (χ4n) is 2.47. The SMILES string of the molecule is CCOc1ccc(C(CNC(=O)c2cccc(F)c2)N(C)C)cc1. The van der Waals surface area contributed by atoms with E-state index in [1.165, 1.54) is 18.2 Å². The maximum absolute atomic E-state index is 13.2. The first-order valence-corrected chi connectivity index (χ1v) is 7.94. The number of carbonyl (C=O) groups is 1. The van der Waals surface area contributed by atoms with Crippen molar-refractivity contribution < 1.29 is 13.9 Å². The van der Waals surface area contributed by atoms with E-state index in [0.29, 0.717) is 18.7 Å². The highest BCUT2D eigenvalue weighted by atomic mass is 19.1. The molecular formula is C19H23FN2O2. The molecule has 0 aliphatic heterocycles. The van der Waals surface area contributed by atoms with E-state index in [0.717, 1.165) is 11.3 Å². The number of hydrogen-bond acceptors (Lipinski definition) is 3. The van der Waals surface area contributed by atoms with Crippen molar-refractivity contribution >= 4 is 5.91 Å². The van der Waals surface area contributed by atoms with E-state index in [1.807, 2.05) is 50.2 Å². The normalized spacial score (nSPS) is 12.0. The van der Waals surface area contributed by atoms with Gasteiger partial charge in [-0.05, 0) is 56.9 Å². The molecular weight excluding hydrogens is 307 g/mol. The highest BCUT2D eigenvalue weighted by Crippen LogP contribution is 2.21. The molecule has 2 aromatic carbocycles. The molecule has 0 saturated heterocycles. The number of rotatable bonds is 7. The number of likely N-dealkylation sites (N-methyl/N-ethyl adjacent to an activating group) is 1. The van der Waals surface area contributed by atoms with Crippen LogP contribution >= 0.6 is 0 Å². The van der Waals surface area contributed by atoms with E-state index in [4.69, 9.17) is 4.74 Å². The Kier molecular flexibility index (Phi) is 6.32. The molecule has 0 bridgehead atoms. The molecule has 0 spiro atoms. The lowest BCUT2D eigenvalue weighted by atomic mass is 10.1. The number of nitrogens with zero attached hydrogens (tertiary/aromatic N) is 1. The Labute approximate surface area is 142 Å². The van der Waals surface area contributed by atoms with Gasteiger partial charge in [-0.1, -0.05) is 18.2 Å². The Morgan fingerprint density at radius 2 is 1.92 bits per heavy atom. The second-order valence-electron chi connectivity index (χ2n) is 5.70. The molecule has 0 saturated carbocycles. The van der Waals surface area contributed by atoms with Crippen LogP contribution < -0.4 is 10.1 Å². The number of hydrogen-bond donors (Lipinski definition) is 1. The summed E-state index contributed by atoms with van der Waals surface area (Å²) in [6.45, 7) is 3.00. The minimum Gasteiger partial charge on any atom is -0.494 e. The summed E-state index contributed by atoms with van der Waals surface area (Å²) in [7, 11) is 3.91. The van der Waals surface area contributed by atoms with Gasteiger partial charge in [0, 0.05) is 12.1 Å². The number of nitrogens with one attached hydrogen (secondary N) is 1. The van der Waals surface area contributed by atoms with E-state index in [2.05, 4.69) is 5.32 Å². The van der Waals surface area contributed by atoms with E-state index < -0.39 is 5.82 Å².